The molecule has 7 nitrogen and oxygen atoms in total. The van der Waals surface area contributed by atoms with E-state index in [9.17, 15) is 4.79 Å². The first-order valence-electron chi connectivity index (χ1n) is 10.9. The molecule has 1 unspecified atom stereocenters. The van der Waals surface area contributed by atoms with Crippen LogP contribution in [0.2, 0.25) is 0 Å². The average molecular weight is 431 g/mol. The van der Waals surface area contributed by atoms with Crippen LogP contribution in [0, 0.1) is 13.8 Å². The molecule has 1 saturated heterocycles. The molecule has 1 aliphatic rings. The third kappa shape index (κ3) is 3.91. The molecule has 4 aromatic rings. The fourth-order valence-electron chi connectivity index (χ4n) is 4.34. The summed E-state index contributed by atoms with van der Waals surface area (Å²) in [6.45, 7) is 6.18. The molecule has 164 valence electrons. The Labute approximate surface area is 186 Å². The van der Waals surface area contributed by atoms with E-state index in [0.29, 0.717) is 44.4 Å². The molecule has 1 amide bonds. The monoisotopic (exact) mass is 430 g/mol. The Kier molecular flexibility index (Phi) is 5.49. The smallest absolute Gasteiger partial charge is 0.257 e. The third-order valence-corrected chi connectivity index (χ3v) is 6.09. The zero-order valence-electron chi connectivity index (χ0n) is 18.3. The number of morpholine rings is 1. The van der Waals surface area contributed by atoms with Gasteiger partial charge >= 0.3 is 0 Å². The van der Waals surface area contributed by atoms with Gasteiger partial charge in [-0.15, -0.1) is 0 Å². The van der Waals surface area contributed by atoms with Gasteiger partial charge in [-0.1, -0.05) is 47.6 Å². The van der Waals surface area contributed by atoms with Gasteiger partial charge in [0.1, 0.15) is 0 Å². The number of rotatable bonds is 5. The number of carbonyl (C=O) groups is 1. The lowest BCUT2D eigenvalue weighted by Gasteiger charge is -2.31. The molecule has 0 radical (unpaired) electrons. The summed E-state index contributed by atoms with van der Waals surface area (Å²) in [6, 6.07) is 18.3. The van der Waals surface area contributed by atoms with Gasteiger partial charge in [0.25, 0.3) is 5.89 Å². The number of hydrogen-bond donors (Lipinski definition) is 0. The Morgan fingerprint density at radius 1 is 1.12 bits per heavy atom. The predicted molar refractivity (Wildman–Crippen MR) is 121 cm³/mol. The fraction of sp³-hybridized carbons (Fsp3) is 0.320. The minimum absolute atomic E-state index is 0.106. The summed E-state index contributed by atoms with van der Waals surface area (Å²) in [6.07, 6.45) is 0.0250. The molecule has 0 saturated carbocycles. The molecule has 0 spiro atoms. The van der Waals surface area contributed by atoms with Crippen LogP contribution in [0.4, 0.5) is 0 Å². The Hall–Kier alpha value is -3.45. The number of benzene rings is 2. The maximum Gasteiger partial charge on any atom is 0.257 e. The van der Waals surface area contributed by atoms with Gasteiger partial charge in [0, 0.05) is 36.3 Å². The average Bonchev–Trinajstić information content (AvgIpc) is 3.42. The molecular weight excluding hydrogens is 404 g/mol. The van der Waals surface area contributed by atoms with E-state index in [1.165, 1.54) is 5.39 Å². The van der Waals surface area contributed by atoms with E-state index < -0.39 is 6.10 Å². The van der Waals surface area contributed by atoms with Crippen LogP contribution in [0.15, 0.2) is 59.1 Å². The minimum Gasteiger partial charge on any atom is -0.365 e. The van der Waals surface area contributed by atoms with Gasteiger partial charge in [0.15, 0.2) is 6.10 Å². The van der Waals surface area contributed by atoms with Gasteiger partial charge < -0.3 is 18.7 Å². The normalized spacial score (nSPS) is 16.6. The van der Waals surface area contributed by atoms with Gasteiger partial charge in [-0.25, -0.2) is 0 Å². The zero-order valence-corrected chi connectivity index (χ0v) is 18.3. The highest BCUT2D eigenvalue weighted by atomic mass is 16.5. The van der Waals surface area contributed by atoms with Crippen molar-refractivity contribution in [1.82, 2.24) is 19.6 Å². The van der Waals surface area contributed by atoms with Crippen LogP contribution in [-0.4, -0.2) is 45.2 Å². The Bertz CT molecular complexity index is 1260. The maximum absolute atomic E-state index is 13.0. The number of carbonyl (C=O) groups excluding carboxylic acids is 1. The zero-order chi connectivity index (χ0) is 22.1. The number of aryl methyl sites for hydroxylation is 3. The molecule has 1 aliphatic heterocycles. The number of amides is 1. The summed E-state index contributed by atoms with van der Waals surface area (Å²) >= 11 is 0. The number of hydrogen-bond acceptors (Lipinski definition) is 5. The molecule has 2 aromatic carbocycles. The summed E-state index contributed by atoms with van der Waals surface area (Å²) in [4.78, 5) is 19.4. The first-order valence-corrected chi connectivity index (χ1v) is 10.9. The number of aromatic nitrogens is 3. The lowest BCUT2D eigenvalue weighted by molar-refractivity contribution is -0.140. The molecule has 0 aliphatic carbocycles. The third-order valence-electron chi connectivity index (χ3n) is 6.09. The molecule has 7 heteroatoms. The maximum atomic E-state index is 13.0. The number of nitrogens with zero attached hydrogens (tertiary/aromatic N) is 4. The lowest BCUT2D eigenvalue weighted by atomic mass is 10.1. The summed E-state index contributed by atoms with van der Waals surface area (Å²) in [5.74, 6) is 1.06. The lowest BCUT2D eigenvalue weighted by Crippen LogP contribution is -2.42. The van der Waals surface area contributed by atoms with Crippen molar-refractivity contribution in [2.75, 3.05) is 19.7 Å². The molecule has 5 rings (SSSR count). The molecular formula is C25H26N4O3. The Morgan fingerprint density at radius 3 is 2.81 bits per heavy atom. The van der Waals surface area contributed by atoms with Crippen molar-refractivity contribution in [3.8, 4) is 11.4 Å². The van der Waals surface area contributed by atoms with Gasteiger partial charge in [-0.2, -0.15) is 4.98 Å². The van der Waals surface area contributed by atoms with E-state index >= 15 is 0 Å². The van der Waals surface area contributed by atoms with Crippen molar-refractivity contribution < 1.29 is 14.1 Å². The SMILES string of the molecule is Cc1ccccc1-c1noc(C2CN(C(=O)CCn3c(C)cc4ccccc43)CCO2)n1. The van der Waals surface area contributed by atoms with Crippen LogP contribution in [0.5, 0.6) is 0 Å². The fourth-order valence-corrected chi connectivity index (χ4v) is 4.34. The van der Waals surface area contributed by atoms with Gasteiger partial charge in [-0.3, -0.25) is 4.79 Å². The van der Waals surface area contributed by atoms with Crippen LogP contribution in [0.3, 0.4) is 0 Å². The minimum atomic E-state index is -0.410. The van der Waals surface area contributed by atoms with E-state index in [0.717, 1.165) is 22.3 Å². The van der Waals surface area contributed by atoms with E-state index in [-0.39, 0.29) is 5.91 Å². The quantitative estimate of drug-likeness (QED) is 0.472. The van der Waals surface area contributed by atoms with Crippen molar-refractivity contribution in [3.05, 3.63) is 71.7 Å². The second kappa shape index (κ2) is 8.59. The van der Waals surface area contributed by atoms with Crippen molar-refractivity contribution in [2.45, 2.75) is 32.9 Å². The van der Waals surface area contributed by atoms with Crippen LogP contribution in [-0.2, 0) is 16.1 Å². The molecule has 1 fully saturated rings. The largest absolute Gasteiger partial charge is 0.365 e. The Morgan fingerprint density at radius 2 is 1.94 bits per heavy atom. The van der Waals surface area contributed by atoms with Crippen LogP contribution >= 0.6 is 0 Å². The topological polar surface area (TPSA) is 73.4 Å². The highest BCUT2D eigenvalue weighted by Crippen LogP contribution is 2.26. The number of para-hydroxylation sites is 1. The van der Waals surface area contributed by atoms with Crippen LogP contribution < -0.4 is 0 Å². The van der Waals surface area contributed by atoms with E-state index in [2.05, 4.69) is 39.8 Å². The number of ether oxygens (including phenoxy) is 1. The van der Waals surface area contributed by atoms with Crippen LogP contribution in [0.25, 0.3) is 22.3 Å². The van der Waals surface area contributed by atoms with Crippen LogP contribution in [0.1, 0.15) is 29.7 Å². The molecule has 2 aromatic heterocycles. The van der Waals surface area contributed by atoms with E-state index in [1.54, 1.807) is 0 Å². The summed E-state index contributed by atoms with van der Waals surface area (Å²) in [5.41, 5.74) is 4.33. The van der Waals surface area contributed by atoms with Crippen molar-refractivity contribution in [3.63, 3.8) is 0 Å². The van der Waals surface area contributed by atoms with Crippen molar-refractivity contribution in [1.29, 1.82) is 0 Å². The van der Waals surface area contributed by atoms with Gasteiger partial charge in [0.2, 0.25) is 11.7 Å². The predicted octanol–water partition coefficient (Wildman–Crippen LogP) is 4.30. The number of fused-ring (bicyclic) bond motifs is 1. The van der Waals surface area contributed by atoms with Gasteiger partial charge in [0.05, 0.1) is 13.2 Å². The highest BCUT2D eigenvalue weighted by molar-refractivity contribution is 5.82. The Balaban J connectivity index is 1.25. The second-order valence-electron chi connectivity index (χ2n) is 8.22. The molecule has 0 N–H and O–H groups in total. The first kappa shape index (κ1) is 20.5. The molecule has 3 heterocycles. The summed E-state index contributed by atoms with van der Waals surface area (Å²) in [5, 5.41) is 5.33. The highest BCUT2D eigenvalue weighted by Gasteiger charge is 2.29. The van der Waals surface area contributed by atoms with E-state index in [1.807, 2.05) is 48.2 Å². The second-order valence-corrected chi connectivity index (χ2v) is 8.22. The first-order chi connectivity index (χ1) is 15.6. The van der Waals surface area contributed by atoms with Crippen molar-refractivity contribution in [2.24, 2.45) is 0 Å². The summed E-state index contributed by atoms with van der Waals surface area (Å²) in [7, 11) is 0. The van der Waals surface area contributed by atoms with Crippen molar-refractivity contribution >= 4 is 16.8 Å². The van der Waals surface area contributed by atoms with E-state index in [4.69, 9.17) is 9.26 Å². The molecule has 32 heavy (non-hydrogen) atoms. The summed E-state index contributed by atoms with van der Waals surface area (Å²) < 4.78 is 13.6. The molecule has 1 atom stereocenters. The van der Waals surface area contributed by atoms with Gasteiger partial charge in [-0.05, 0) is 36.9 Å². The molecule has 0 bridgehead atoms. The standard InChI is InChI=1S/C25H26N4O3/c1-17-7-3-5-9-20(17)24-26-25(32-27-24)22-16-28(13-14-31-22)23(30)11-12-29-18(2)15-19-8-4-6-10-21(19)29/h3-10,15,22H,11-14,16H2,1-2H3.